The van der Waals surface area contributed by atoms with Crippen LogP contribution < -0.4 is 11.1 Å². The number of nitrogens with one attached hydrogen (secondary N) is 1. The van der Waals surface area contributed by atoms with Gasteiger partial charge >= 0.3 is 0 Å². The van der Waals surface area contributed by atoms with Gasteiger partial charge < -0.3 is 15.6 Å². The average molecular weight is 321 g/mol. The summed E-state index contributed by atoms with van der Waals surface area (Å²) < 4.78 is 2.06. The Morgan fingerprint density at radius 2 is 2.26 bits per heavy atom. The minimum atomic E-state index is -0.459. The first-order valence-corrected chi connectivity index (χ1v) is 8.61. The molecule has 1 aromatic heterocycles. The number of anilines is 1. The van der Waals surface area contributed by atoms with E-state index in [1.54, 1.807) is 6.33 Å². The molecule has 1 aliphatic rings. The van der Waals surface area contributed by atoms with Crippen molar-refractivity contribution in [3.63, 3.8) is 0 Å². The van der Waals surface area contributed by atoms with Gasteiger partial charge in [-0.2, -0.15) is 0 Å². The van der Waals surface area contributed by atoms with E-state index in [0.717, 1.165) is 19.5 Å². The fourth-order valence-corrected chi connectivity index (χ4v) is 2.95. The van der Waals surface area contributed by atoms with Gasteiger partial charge in [-0.3, -0.25) is 9.69 Å². The van der Waals surface area contributed by atoms with E-state index < -0.39 is 6.04 Å². The van der Waals surface area contributed by atoms with E-state index in [1.807, 2.05) is 13.1 Å². The molecule has 0 saturated carbocycles. The zero-order valence-electron chi connectivity index (χ0n) is 14.9. The Bertz CT molecular complexity index is 519. The molecule has 1 saturated heterocycles. The fourth-order valence-electron chi connectivity index (χ4n) is 2.95. The van der Waals surface area contributed by atoms with E-state index in [2.05, 4.69) is 40.5 Å². The van der Waals surface area contributed by atoms with Gasteiger partial charge in [0.25, 0.3) is 0 Å². The summed E-state index contributed by atoms with van der Waals surface area (Å²) in [5.41, 5.74) is 6.14. The summed E-state index contributed by atoms with van der Waals surface area (Å²) in [5.74, 6) is 0.429. The first-order valence-electron chi connectivity index (χ1n) is 8.61. The highest BCUT2D eigenvalue weighted by molar-refractivity contribution is 5.93. The molecule has 0 bridgehead atoms. The number of aromatic nitrogens is 2. The van der Waals surface area contributed by atoms with Crippen molar-refractivity contribution in [3.05, 3.63) is 12.5 Å². The lowest BCUT2D eigenvalue weighted by atomic mass is 9.91. The smallest absolute Gasteiger partial charge is 0.242 e. The summed E-state index contributed by atoms with van der Waals surface area (Å²) >= 11 is 0. The predicted octanol–water partition coefficient (Wildman–Crippen LogP) is 2.07. The van der Waals surface area contributed by atoms with Crippen LogP contribution in [0.25, 0.3) is 0 Å². The van der Waals surface area contributed by atoms with Crippen molar-refractivity contribution >= 4 is 11.7 Å². The number of nitrogens with two attached hydrogens (primary N) is 1. The third-order valence-electron chi connectivity index (χ3n) is 4.19. The summed E-state index contributed by atoms with van der Waals surface area (Å²) in [6.07, 6.45) is 6.49. The molecule has 2 atom stereocenters. The van der Waals surface area contributed by atoms with E-state index in [9.17, 15) is 4.79 Å². The van der Waals surface area contributed by atoms with Crippen molar-refractivity contribution in [2.45, 2.75) is 65.6 Å². The monoisotopic (exact) mass is 321 g/mol. The Kier molecular flexibility index (Phi) is 5.81. The van der Waals surface area contributed by atoms with E-state index in [1.165, 1.54) is 13.0 Å². The van der Waals surface area contributed by atoms with Crippen LogP contribution in [0.3, 0.4) is 0 Å². The predicted molar refractivity (Wildman–Crippen MR) is 93.2 cm³/mol. The number of hydrogen-bond donors (Lipinski definition) is 2. The van der Waals surface area contributed by atoms with Crippen LogP contribution in [0.5, 0.6) is 0 Å². The lowest BCUT2D eigenvalue weighted by molar-refractivity contribution is -0.117. The maximum absolute atomic E-state index is 11.9. The van der Waals surface area contributed by atoms with E-state index in [0.29, 0.717) is 23.7 Å². The van der Waals surface area contributed by atoms with Crippen molar-refractivity contribution in [2.75, 3.05) is 18.4 Å². The third kappa shape index (κ3) is 5.32. The third-order valence-corrected chi connectivity index (χ3v) is 4.19. The van der Waals surface area contributed by atoms with Crippen LogP contribution in [0.1, 0.15) is 47.0 Å². The fraction of sp³-hybridized carbons (Fsp3) is 0.765. The van der Waals surface area contributed by atoms with Gasteiger partial charge in [0.2, 0.25) is 5.91 Å². The molecule has 0 unspecified atom stereocenters. The molecular weight excluding hydrogens is 290 g/mol. The molecule has 1 aliphatic heterocycles. The number of amides is 1. The quantitative estimate of drug-likeness (QED) is 0.806. The second kappa shape index (κ2) is 7.45. The molecular formula is C17H31N5O. The number of carbonyl (C=O) groups excluding carboxylic acids is 1. The number of imidazole rings is 1. The van der Waals surface area contributed by atoms with Crippen molar-refractivity contribution in [1.29, 1.82) is 0 Å². The molecule has 0 radical (unpaired) electrons. The van der Waals surface area contributed by atoms with Gasteiger partial charge in [-0.25, -0.2) is 4.98 Å². The lowest BCUT2D eigenvalue weighted by Crippen LogP contribution is -2.52. The van der Waals surface area contributed by atoms with E-state index >= 15 is 0 Å². The molecule has 1 fully saturated rings. The van der Waals surface area contributed by atoms with Gasteiger partial charge in [0, 0.05) is 31.9 Å². The minimum absolute atomic E-state index is 0.157. The molecule has 6 nitrogen and oxygen atoms in total. The van der Waals surface area contributed by atoms with Crippen molar-refractivity contribution in [2.24, 2.45) is 11.1 Å². The Hall–Kier alpha value is -1.40. The van der Waals surface area contributed by atoms with Crippen LogP contribution in [0.2, 0.25) is 0 Å². The topological polar surface area (TPSA) is 76.2 Å². The first-order chi connectivity index (χ1) is 10.8. The molecule has 0 aromatic carbocycles. The van der Waals surface area contributed by atoms with Crippen LogP contribution in [0, 0.1) is 5.41 Å². The molecule has 2 rings (SSSR count). The Morgan fingerprint density at radius 3 is 2.83 bits per heavy atom. The second-order valence-electron chi connectivity index (χ2n) is 7.81. The summed E-state index contributed by atoms with van der Waals surface area (Å²) in [6, 6.07) is 0.105. The number of carbonyl (C=O) groups is 1. The molecule has 6 heteroatoms. The largest absolute Gasteiger partial charge is 0.334 e. The van der Waals surface area contributed by atoms with E-state index in [-0.39, 0.29) is 5.91 Å². The highest BCUT2D eigenvalue weighted by Crippen LogP contribution is 2.25. The highest BCUT2D eigenvalue weighted by atomic mass is 16.2. The molecule has 130 valence electrons. The van der Waals surface area contributed by atoms with Gasteiger partial charge in [-0.15, -0.1) is 0 Å². The van der Waals surface area contributed by atoms with Gasteiger partial charge in [0.05, 0.1) is 12.4 Å². The SMILES string of the molecule is CCC[C@H](N)C(=O)Nc1cn(C[C@@H]2CCN2CC(C)(C)C)cn1. The molecule has 0 aliphatic carbocycles. The Balaban J connectivity index is 1.84. The Morgan fingerprint density at radius 1 is 1.52 bits per heavy atom. The van der Waals surface area contributed by atoms with Gasteiger partial charge in [-0.05, 0) is 18.3 Å². The van der Waals surface area contributed by atoms with Crippen LogP contribution in [-0.4, -0.2) is 45.5 Å². The van der Waals surface area contributed by atoms with E-state index in [4.69, 9.17) is 5.73 Å². The standard InChI is InChI=1S/C17H31N5O/c1-5-6-14(18)16(23)20-15-10-21(12-19-15)9-13-7-8-22(13)11-17(2,3)4/h10,12-14H,5-9,11,18H2,1-4H3,(H,20,23)/t13-,14-/m0/s1. The number of likely N-dealkylation sites (tertiary alicyclic amines) is 1. The van der Waals surface area contributed by atoms with Gasteiger partial charge in [-0.1, -0.05) is 34.1 Å². The molecule has 2 heterocycles. The highest BCUT2D eigenvalue weighted by Gasteiger charge is 2.31. The number of nitrogens with zero attached hydrogens (tertiary/aromatic N) is 3. The van der Waals surface area contributed by atoms with Gasteiger partial charge in [0.1, 0.15) is 0 Å². The van der Waals surface area contributed by atoms with Crippen LogP contribution in [-0.2, 0) is 11.3 Å². The molecule has 3 N–H and O–H groups in total. The van der Waals surface area contributed by atoms with Crippen LogP contribution in [0.15, 0.2) is 12.5 Å². The van der Waals surface area contributed by atoms with Crippen molar-refractivity contribution in [3.8, 4) is 0 Å². The van der Waals surface area contributed by atoms with Crippen LogP contribution in [0.4, 0.5) is 5.82 Å². The minimum Gasteiger partial charge on any atom is -0.334 e. The first kappa shape index (κ1) is 17.9. The summed E-state index contributed by atoms with van der Waals surface area (Å²) in [4.78, 5) is 18.7. The van der Waals surface area contributed by atoms with Crippen LogP contribution >= 0.6 is 0 Å². The molecule has 0 spiro atoms. The molecule has 1 amide bonds. The Labute approximate surface area is 139 Å². The second-order valence-corrected chi connectivity index (χ2v) is 7.81. The number of hydrogen-bond acceptors (Lipinski definition) is 4. The maximum atomic E-state index is 11.9. The summed E-state index contributed by atoms with van der Waals surface area (Å²) in [5, 5.41) is 2.80. The maximum Gasteiger partial charge on any atom is 0.242 e. The summed E-state index contributed by atoms with van der Waals surface area (Å²) in [7, 11) is 0. The summed E-state index contributed by atoms with van der Waals surface area (Å²) in [6.45, 7) is 12.0. The molecule has 1 aromatic rings. The zero-order valence-corrected chi connectivity index (χ0v) is 14.9. The zero-order chi connectivity index (χ0) is 17.0. The number of rotatable bonds is 7. The molecule has 23 heavy (non-hydrogen) atoms. The average Bonchev–Trinajstić information content (AvgIpc) is 2.88. The lowest BCUT2D eigenvalue weighted by Gasteiger charge is -2.44. The van der Waals surface area contributed by atoms with Crippen molar-refractivity contribution < 1.29 is 4.79 Å². The van der Waals surface area contributed by atoms with Gasteiger partial charge in [0.15, 0.2) is 5.82 Å². The van der Waals surface area contributed by atoms with Crippen molar-refractivity contribution in [1.82, 2.24) is 14.5 Å². The normalized spacial score (nSPS) is 20.1.